The summed E-state index contributed by atoms with van der Waals surface area (Å²) in [5.41, 5.74) is -3.88. The number of aromatic carboxylic acids is 1. The molecule has 0 aliphatic heterocycles. The van der Waals surface area contributed by atoms with Gasteiger partial charge >= 0.3 is 12.1 Å². The third-order valence-electron chi connectivity index (χ3n) is 1.77. The van der Waals surface area contributed by atoms with E-state index in [1.54, 1.807) is 0 Å². The first kappa shape index (κ1) is 14.1. The Labute approximate surface area is 105 Å². The average molecular weight is 367 g/mol. The van der Waals surface area contributed by atoms with Crippen molar-refractivity contribution < 1.29 is 31.9 Å². The fraction of sp³-hybridized carbons (Fsp3) is 0.250. The van der Waals surface area contributed by atoms with Crippen LogP contribution in [0.5, 0.6) is 0 Å². The summed E-state index contributed by atoms with van der Waals surface area (Å²) >= 11 is 1.04. The fourth-order valence-electron chi connectivity index (χ4n) is 1.10. The normalized spacial score (nSPS) is 11.9. The van der Waals surface area contributed by atoms with Crippen molar-refractivity contribution in [1.29, 1.82) is 0 Å². The van der Waals surface area contributed by atoms with Crippen molar-refractivity contribution in [2.75, 3.05) is 0 Å². The first-order valence-electron chi connectivity index (χ1n) is 3.93. The zero-order valence-corrected chi connectivity index (χ0v) is 9.88. The van der Waals surface area contributed by atoms with E-state index in [0.717, 1.165) is 22.6 Å². The molecule has 1 heterocycles. The summed E-state index contributed by atoms with van der Waals surface area (Å²) in [5, 5.41) is 8.56. The van der Waals surface area contributed by atoms with Crippen molar-refractivity contribution in [3.63, 3.8) is 0 Å². The third kappa shape index (κ3) is 2.82. The van der Waals surface area contributed by atoms with E-state index < -0.39 is 39.0 Å². The third-order valence-corrected chi connectivity index (χ3v) is 2.82. The molecule has 1 aromatic heterocycles. The molecule has 1 rings (SSSR count). The molecule has 1 aromatic rings. The van der Waals surface area contributed by atoms with Crippen molar-refractivity contribution in [3.05, 3.63) is 26.6 Å². The molecule has 0 spiro atoms. The minimum Gasteiger partial charge on any atom is -0.476 e. The Morgan fingerprint density at radius 2 is 1.94 bits per heavy atom. The van der Waals surface area contributed by atoms with Gasteiger partial charge in [0.15, 0.2) is 5.69 Å². The number of hydrogen-bond donors (Lipinski definition) is 1. The monoisotopic (exact) mass is 367 g/mol. The molecular weight excluding hydrogens is 364 g/mol. The maximum atomic E-state index is 12.6. The maximum Gasteiger partial charge on any atom is 0.418 e. The molecule has 0 fully saturated rings. The molecule has 0 aromatic carbocycles. The summed E-state index contributed by atoms with van der Waals surface area (Å²) in [6, 6.07) is 0. The van der Waals surface area contributed by atoms with Gasteiger partial charge in [-0.1, -0.05) is 0 Å². The van der Waals surface area contributed by atoms with Crippen LogP contribution in [0.2, 0.25) is 0 Å². The number of halogens is 6. The van der Waals surface area contributed by atoms with Crippen LogP contribution >= 0.6 is 22.6 Å². The summed E-state index contributed by atoms with van der Waals surface area (Å²) in [6.45, 7) is 0. The lowest BCUT2D eigenvalue weighted by Gasteiger charge is -2.14. The van der Waals surface area contributed by atoms with E-state index in [-0.39, 0.29) is 6.20 Å². The Morgan fingerprint density at radius 3 is 2.29 bits per heavy atom. The van der Waals surface area contributed by atoms with E-state index >= 15 is 0 Å². The smallest absolute Gasteiger partial charge is 0.418 e. The summed E-state index contributed by atoms with van der Waals surface area (Å²) in [6.07, 6.45) is -8.20. The lowest BCUT2D eigenvalue weighted by molar-refractivity contribution is -0.140. The van der Waals surface area contributed by atoms with E-state index in [0.29, 0.717) is 0 Å². The van der Waals surface area contributed by atoms with Gasteiger partial charge in [-0.3, -0.25) is 0 Å². The van der Waals surface area contributed by atoms with Crippen molar-refractivity contribution in [1.82, 2.24) is 4.98 Å². The van der Waals surface area contributed by atoms with E-state index in [1.165, 1.54) is 0 Å². The summed E-state index contributed by atoms with van der Waals surface area (Å²) < 4.78 is 61.6. The predicted molar refractivity (Wildman–Crippen MR) is 53.9 cm³/mol. The zero-order chi connectivity index (χ0) is 13.4. The quantitative estimate of drug-likeness (QED) is 0.645. The second-order valence-electron chi connectivity index (χ2n) is 2.85. The fourth-order valence-corrected chi connectivity index (χ4v) is 2.09. The highest BCUT2D eigenvalue weighted by atomic mass is 127. The minimum atomic E-state index is -5.06. The summed E-state index contributed by atoms with van der Waals surface area (Å²) in [5.74, 6) is -1.71. The number of nitrogens with zero attached hydrogens (tertiary/aromatic N) is 1. The first-order valence-corrected chi connectivity index (χ1v) is 5.01. The van der Waals surface area contributed by atoms with Crippen molar-refractivity contribution in [3.8, 4) is 0 Å². The largest absolute Gasteiger partial charge is 0.476 e. The van der Waals surface area contributed by atoms with E-state index in [2.05, 4.69) is 4.98 Å². The highest BCUT2D eigenvalue weighted by Gasteiger charge is 2.40. The molecular formula is C8H3F5INO2. The van der Waals surface area contributed by atoms with Crippen LogP contribution in [0.1, 0.15) is 28.0 Å². The van der Waals surface area contributed by atoms with Crippen LogP contribution in [-0.4, -0.2) is 16.1 Å². The van der Waals surface area contributed by atoms with Crippen molar-refractivity contribution in [2.24, 2.45) is 0 Å². The molecule has 17 heavy (non-hydrogen) atoms. The van der Waals surface area contributed by atoms with Crippen LogP contribution in [-0.2, 0) is 6.18 Å². The molecule has 0 amide bonds. The van der Waals surface area contributed by atoms with Crippen LogP contribution in [0.3, 0.4) is 0 Å². The van der Waals surface area contributed by atoms with Crippen LogP contribution in [0.4, 0.5) is 22.0 Å². The van der Waals surface area contributed by atoms with Gasteiger partial charge in [0.2, 0.25) is 0 Å². The molecule has 94 valence electrons. The number of carboxylic acids is 1. The van der Waals surface area contributed by atoms with Gasteiger partial charge in [0, 0.05) is 11.8 Å². The number of alkyl halides is 5. The van der Waals surface area contributed by atoms with Crippen LogP contribution in [0.25, 0.3) is 0 Å². The Bertz CT molecular complexity index is 460. The van der Waals surface area contributed by atoms with Crippen molar-refractivity contribution >= 4 is 28.6 Å². The van der Waals surface area contributed by atoms with Gasteiger partial charge in [0.1, 0.15) is 0 Å². The number of carbonyl (C=O) groups is 1. The first-order chi connectivity index (χ1) is 7.66. The second-order valence-corrected chi connectivity index (χ2v) is 3.93. The zero-order valence-electron chi connectivity index (χ0n) is 7.73. The highest BCUT2D eigenvalue weighted by Crippen LogP contribution is 2.39. The predicted octanol–water partition coefficient (Wildman–Crippen LogP) is 3.34. The van der Waals surface area contributed by atoms with E-state index in [4.69, 9.17) is 5.11 Å². The van der Waals surface area contributed by atoms with Gasteiger partial charge in [0.25, 0.3) is 6.43 Å². The molecule has 1 N–H and O–H groups in total. The Hall–Kier alpha value is -1.00. The standard InChI is InChI=1S/C8H3F5INO2/c9-6(10)2-1-15-5(7(16)17)4(14)3(2)8(11,12)13/h1,6H,(H,16,17). The molecule has 0 radical (unpaired) electrons. The number of carboxylic acid groups (broad SMARTS) is 1. The topological polar surface area (TPSA) is 50.2 Å². The summed E-state index contributed by atoms with van der Waals surface area (Å²) in [7, 11) is 0. The number of hydrogen-bond acceptors (Lipinski definition) is 2. The van der Waals surface area contributed by atoms with E-state index in [9.17, 15) is 26.7 Å². The molecule has 3 nitrogen and oxygen atoms in total. The number of rotatable bonds is 2. The molecule has 0 atom stereocenters. The molecule has 0 aliphatic rings. The molecule has 9 heteroatoms. The van der Waals surface area contributed by atoms with Gasteiger partial charge in [-0.2, -0.15) is 13.2 Å². The van der Waals surface area contributed by atoms with Gasteiger partial charge < -0.3 is 5.11 Å². The average Bonchev–Trinajstić information content (AvgIpc) is 2.14. The number of pyridine rings is 1. The maximum absolute atomic E-state index is 12.6. The Balaban J connectivity index is 3.59. The minimum absolute atomic E-state index is 0.235. The van der Waals surface area contributed by atoms with E-state index in [1.807, 2.05) is 0 Å². The molecule has 0 saturated carbocycles. The molecule has 0 saturated heterocycles. The van der Waals surface area contributed by atoms with Gasteiger partial charge in [-0.25, -0.2) is 18.6 Å². The lowest BCUT2D eigenvalue weighted by Crippen LogP contribution is -2.17. The van der Waals surface area contributed by atoms with Crippen molar-refractivity contribution in [2.45, 2.75) is 12.6 Å². The SMILES string of the molecule is O=C(O)c1ncc(C(F)F)c(C(F)(F)F)c1I. The molecule has 0 bridgehead atoms. The van der Waals surface area contributed by atoms with Crippen LogP contribution < -0.4 is 0 Å². The Morgan fingerprint density at radius 1 is 1.41 bits per heavy atom. The van der Waals surface area contributed by atoms with Gasteiger partial charge in [-0.15, -0.1) is 0 Å². The van der Waals surface area contributed by atoms with Gasteiger partial charge in [0.05, 0.1) is 9.13 Å². The molecule has 0 unspecified atom stereocenters. The summed E-state index contributed by atoms with van der Waals surface area (Å²) in [4.78, 5) is 13.6. The molecule has 0 aliphatic carbocycles. The van der Waals surface area contributed by atoms with Crippen LogP contribution in [0, 0.1) is 3.57 Å². The number of aromatic nitrogens is 1. The lowest BCUT2D eigenvalue weighted by atomic mass is 10.1. The Kier molecular flexibility index (Phi) is 3.89. The second kappa shape index (κ2) is 4.70. The van der Waals surface area contributed by atoms with Gasteiger partial charge in [-0.05, 0) is 22.6 Å². The van der Waals surface area contributed by atoms with Crippen LogP contribution in [0.15, 0.2) is 6.20 Å². The highest BCUT2D eigenvalue weighted by molar-refractivity contribution is 14.1.